The topological polar surface area (TPSA) is 43.8 Å². The van der Waals surface area contributed by atoms with Gasteiger partial charge >= 0.3 is 0 Å². The first-order valence-electron chi connectivity index (χ1n) is 5.85. The Bertz CT molecular complexity index is 526. The summed E-state index contributed by atoms with van der Waals surface area (Å²) in [4.78, 5) is 6.17. The Labute approximate surface area is 117 Å². The molecule has 0 amide bonds. The first kappa shape index (κ1) is 13.2. The van der Waals surface area contributed by atoms with Gasteiger partial charge in [-0.2, -0.15) is 0 Å². The first-order chi connectivity index (χ1) is 8.50. The van der Waals surface area contributed by atoms with Gasteiger partial charge < -0.3 is 10.3 Å². The van der Waals surface area contributed by atoms with Gasteiger partial charge in [-0.15, -0.1) is 11.3 Å². The molecule has 3 nitrogen and oxygen atoms in total. The quantitative estimate of drug-likeness (QED) is 0.854. The van der Waals surface area contributed by atoms with E-state index in [1.165, 1.54) is 4.88 Å². The van der Waals surface area contributed by atoms with Crippen LogP contribution in [0, 0.1) is 5.41 Å². The van der Waals surface area contributed by atoms with Crippen molar-refractivity contribution >= 4 is 28.5 Å². The number of rotatable bonds is 5. The fraction of sp³-hybridized carbons (Fsp3) is 0.385. The van der Waals surface area contributed by atoms with E-state index in [9.17, 15) is 0 Å². The van der Waals surface area contributed by atoms with Gasteiger partial charge in [0.05, 0.1) is 9.87 Å². The van der Waals surface area contributed by atoms with Gasteiger partial charge in [0.2, 0.25) is 0 Å². The van der Waals surface area contributed by atoms with Crippen LogP contribution in [-0.2, 0) is 6.54 Å². The van der Waals surface area contributed by atoms with Gasteiger partial charge in [-0.3, -0.25) is 0 Å². The average Bonchev–Trinajstić information content (AvgIpc) is 2.96. The summed E-state index contributed by atoms with van der Waals surface area (Å²) in [6, 6.07) is 4.13. The third kappa shape index (κ3) is 2.79. The predicted molar refractivity (Wildman–Crippen MR) is 80.7 cm³/mol. The number of nitrogens with zero attached hydrogens (tertiary/aromatic N) is 2. The molecule has 2 aromatic rings. The molecule has 0 saturated heterocycles. The predicted octanol–water partition coefficient (Wildman–Crippen LogP) is 3.31. The zero-order chi connectivity index (χ0) is 13.2. The number of aryl methyl sites for hydroxylation is 1. The SMILES string of the molecule is CC(C)(CCn1ccnc1-c1cccs1)C(N)=S. The molecule has 0 fully saturated rings. The minimum absolute atomic E-state index is 0.119. The van der Waals surface area contributed by atoms with Gasteiger partial charge in [-0.25, -0.2) is 4.98 Å². The van der Waals surface area contributed by atoms with E-state index in [2.05, 4.69) is 34.8 Å². The lowest BCUT2D eigenvalue weighted by Crippen LogP contribution is -2.30. The summed E-state index contributed by atoms with van der Waals surface area (Å²) in [6.07, 6.45) is 4.75. The Hall–Kier alpha value is -1.20. The number of thiophene rings is 1. The molecule has 0 unspecified atom stereocenters. The van der Waals surface area contributed by atoms with Crippen LogP contribution in [0.5, 0.6) is 0 Å². The Morgan fingerprint density at radius 3 is 2.94 bits per heavy atom. The van der Waals surface area contributed by atoms with Crippen LogP contribution in [0.3, 0.4) is 0 Å². The number of aromatic nitrogens is 2. The molecule has 0 saturated carbocycles. The van der Waals surface area contributed by atoms with Crippen molar-refractivity contribution in [2.75, 3.05) is 0 Å². The molecule has 0 bridgehead atoms. The van der Waals surface area contributed by atoms with Crippen molar-refractivity contribution in [3.8, 4) is 10.7 Å². The van der Waals surface area contributed by atoms with Crippen LogP contribution in [0.4, 0.5) is 0 Å². The van der Waals surface area contributed by atoms with Gasteiger partial charge in [0.1, 0.15) is 5.82 Å². The maximum Gasteiger partial charge on any atom is 0.149 e. The lowest BCUT2D eigenvalue weighted by Gasteiger charge is -2.23. The molecule has 96 valence electrons. The van der Waals surface area contributed by atoms with Crippen LogP contribution < -0.4 is 5.73 Å². The van der Waals surface area contributed by atoms with E-state index in [-0.39, 0.29) is 5.41 Å². The molecular formula is C13H17N3S2. The molecule has 0 aliphatic carbocycles. The third-order valence-corrected chi connectivity index (χ3v) is 4.52. The van der Waals surface area contributed by atoms with E-state index < -0.39 is 0 Å². The van der Waals surface area contributed by atoms with E-state index in [0.29, 0.717) is 4.99 Å². The van der Waals surface area contributed by atoms with E-state index in [4.69, 9.17) is 18.0 Å². The average molecular weight is 279 g/mol. The van der Waals surface area contributed by atoms with Crippen molar-refractivity contribution in [1.82, 2.24) is 9.55 Å². The van der Waals surface area contributed by atoms with Crippen molar-refractivity contribution in [2.24, 2.45) is 11.1 Å². The highest BCUT2D eigenvalue weighted by molar-refractivity contribution is 7.80. The van der Waals surface area contributed by atoms with Crippen LogP contribution in [0.15, 0.2) is 29.9 Å². The molecule has 0 aliphatic heterocycles. The zero-order valence-electron chi connectivity index (χ0n) is 10.6. The van der Waals surface area contributed by atoms with Crippen molar-refractivity contribution in [3.63, 3.8) is 0 Å². The summed E-state index contributed by atoms with van der Waals surface area (Å²) < 4.78 is 2.16. The Balaban J connectivity index is 2.12. The second kappa shape index (κ2) is 5.20. The van der Waals surface area contributed by atoms with Gasteiger partial charge in [0.25, 0.3) is 0 Å². The highest BCUT2D eigenvalue weighted by atomic mass is 32.1. The molecule has 0 aliphatic rings. The lowest BCUT2D eigenvalue weighted by atomic mass is 9.89. The summed E-state index contributed by atoms with van der Waals surface area (Å²) in [5, 5.41) is 2.06. The van der Waals surface area contributed by atoms with Crippen LogP contribution in [0.25, 0.3) is 10.7 Å². The van der Waals surface area contributed by atoms with Crippen molar-refractivity contribution in [2.45, 2.75) is 26.8 Å². The summed E-state index contributed by atoms with van der Waals surface area (Å²) >= 11 is 6.79. The van der Waals surface area contributed by atoms with Crippen LogP contribution in [-0.4, -0.2) is 14.5 Å². The Kier molecular flexibility index (Phi) is 3.82. The minimum Gasteiger partial charge on any atom is -0.393 e. The van der Waals surface area contributed by atoms with E-state index in [0.717, 1.165) is 18.8 Å². The van der Waals surface area contributed by atoms with Crippen LogP contribution in [0.1, 0.15) is 20.3 Å². The summed E-state index contributed by atoms with van der Waals surface area (Å²) in [7, 11) is 0. The minimum atomic E-state index is -0.119. The molecule has 0 atom stereocenters. The highest BCUT2D eigenvalue weighted by Gasteiger charge is 2.21. The maximum atomic E-state index is 5.75. The molecule has 2 rings (SSSR count). The van der Waals surface area contributed by atoms with Crippen molar-refractivity contribution in [1.29, 1.82) is 0 Å². The maximum absolute atomic E-state index is 5.75. The number of hydrogen-bond acceptors (Lipinski definition) is 3. The lowest BCUT2D eigenvalue weighted by molar-refractivity contribution is 0.436. The fourth-order valence-corrected chi connectivity index (χ4v) is 2.48. The molecule has 2 aromatic heterocycles. The van der Waals surface area contributed by atoms with Gasteiger partial charge in [-0.05, 0) is 17.9 Å². The molecule has 0 aromatic carbocycles. The second-order valence-corrected chi connectivity index (χ2v) is 6.31. The summed E-state index contributed by atoms with van der Waals surface area (Å²) in [5.41, 5.74) is 5.63. The fourth-order valence-electron chi connectivity index (χ4n) is 1.64. The molecular weight excluding hydrogens is 262 g/mol. The van der Waals surface area contributed by atoms with Gasteiger partial charge in [-0.1, -0.05) is 32.1 Å². The van der Waals surface area contributed by atoms with Crippen molar-refractivity contribution < 1.29 is 0 Å². The summed E-state index contributed by atoms with van der Waals surface area (Å²) in [6.45, 7) is 5.03. The van der Waals surface area contributed by atoms with Crippen LogP contribution in [0.2, 0.25) is 0 Å². The zero-order valence-corrected chi connectivity index (χ0v) is 12.2. The Morgan fingerprint density at radius 2 is 2.33 bits per heavy atom. The monoisotopic (exact) mass is 279 g/mol. The third-order valence-electron chi connectivity index (χ3n) is 3.10. The van der Waals surface area contributed by atoms with E-state index in [1.54, 1.807) is 11.3 Å². The van der Waals surface area contributed by atoms with Gasteiger partial charge in [0.15, 0.2) is 0 Å². The van der Waals surface area contributed by atoms with E-state index >= 15 is 0 Å². The largest absolute Gasteiger partial charge is 0.393 e. The second-order valence-electron chi connectivity index (χ2n) is 4.92. The smallest absolute Gasteiger partial charge is 0.149 e. The van der Waals surface area contributed by atoms with Crippen LogP contribution >= 0.6 is 23.6 Å². The summed E-state index contributed by atoms with van der Waals surface area (Å²) in [5.74, 6) is 1.02. The Morgan fingerprint density at radius 1 is 1.56 bits per heavy atom. The number of hydrogen-bond donors (Lipinski definition) is 1. The number of imidazole rings is 1. The molecule has 18 heavy (non-hydrogen) atoms. The van der Waals surface area contributed by atoms with Crippen molar-refractivity contribution in [3.05, 3.63) is 29.9 Å². The molecule has 0 radical (unpaired) electrons. The first-order valence-corrected chi connectivity index (χ1v) is 7.14. The molecule has 5 heteroatoms. The molecule has 0 spiro atoms. The van der Waals surface area contributed by atoms with Gasteiger partial charge in [0, 0.05) is 24.4 Å². The highest BCUT2D eigenvalue weighted by Crippen LogP contribution is 2.26. The van der Waals surface area contributed by atoms with E-state index in [1.807, 2.05) is 18.5 Å². The molecule has 2 heterocycles. The standard InChI is InChI=1S/C13H17N3S2/c1-13(2,12(14)17)5-7-16-8-6-15-11(16)10-4-3-9-18-10/h3-4,6,8-9H,5,7H2,1-2H3,(H2,14,17). The number of thiocarbonyl (C=S) groups is 1. The number of nitrogens with two attached hydrogens (primary N) is 1. The molecule has 2 N–H and O–H groups in total. The normalized spacial score (nSPS) is 11.7.